The lowest BCUT2D eigenvalue weighted by atomic mass is 10.1. The first-order chi connectivity index (χ1) is 9.19. The monoisotopic (exact) mass is 258 g/mol. The Labute approximate surface area is 112 Å². The smallest absolute Gasteiger partial charge is 0.251 e. The molecule has 100 valence electrons. The summed E-state index contributed by atoms with van der Waals surface area (Å²) in [5.41, 5.74) is 1.55. The number of benzene rings is 1. The van der Waals surface area contributed by atoms with Gasteiger partial charge in [-0.3, -0.25) is 9.59 Å². The number of hydrogen-bond donors (Lipinski definition) is 2. The zero-order chi connectivity index (χ0) is 13.7. The van der Waals surface area contributed by atoms with Crippen LogP contribution in [0.2, 0.25) is 0 Å². The maximum Gasteiger partial charge on any atom is 0.251 e. The fraction of sp³-hybridized carbons (Fsp3) is 0.333. The molecule has 0 radical (unpaired) electrons. The van der Waals surface area contributed by atoms with Crippen LogP contribution in [0.3, 0.4) is 0 Å². The van der Waals surface area contributed by atoms with Gasteiger partial charge in [0.05, 0.1) is 0 Å². The normalized spacial score (nSPS) is 14.4. The van der Waals surface area contributed by atoms with Gasteiger partial charge in [0, 0.05) is 24.2 Å². The first kappa shape index (κ1) is 13.3. The van der Waals surface area contributed by atoms with Gasteiger partial charge in [-0.05, 0) is 43.5 Å². The number of carbonyl (C=O) groups is 2. The quantitative estimate of drug-likeness (QED) is 0.790. The Morgan fingerprint density at radius 1 is 1.26 bits per heavy atom. The van der Waals surface area contributed by atoms with Crippen LogP contribution in [0.1, 0.15) is 35.7 Å². The molecule has 0 saturated heterocycles. The minimum atomic E-state index is -0.113. The lowest BCUT2D eigenvalue weighted by molar-refractivity contribution is -0.116. The van der Waals surface area contributed by atoms with E-state index in [2.05, 4.69) is 10.6 Å². The Morgan fingerprint density at radius 3 is 2.53 bits per heavy atom. The van der Waals surface area contributed by atoms with E-state index in [1.807, 2.05) is 19.1 Å². The molecule has 0 heterocycles. The van der Waals surface area contributed by atoms with E-state index in [1.165, 1.54) is 6.08 Å². The topological polar surface area (TPSA) is 58.2 Å². The third-order valence-electron chi connectivity index (χ3n) is 2.86. The molecule has 1 aliphatic carbocycles. The van der Waals surface area contributed by atoms with E-state index in [-0.39, 0.29) is 11.8 Å². The van der Waals surface area contributed by atoms with Crippen LogP contribution in [0, 0.1) is 0 Å². The van der Waals surface area contributed by atoms with Crippen LogP contribution in [0.15, 0.2) is 30.3 Å². The fourth-order valence-electron chi connectivity index (χ4n) is 1.65. The van der Waals surface area contributed by atoms with Crippen LogP contribution < -0.4 is 10.6 Å². The molecule has 2 amide bonds. The van der Waals surface area contributed by atoms with E-state index in [0.717, 1.165) is 18.4 Å². The zero-order valence-corrected chi connectivity index (χ0v) is 11.0. The second kappa shape index (κ2) is 6.18. The maximum atomic E-state index is 11.8. The molecule has 0 unspecified atom stereocenters. The second-order valence-corrected chi connectivity index (χ2v) is 4.60. The highest BCUT2D eigenvalue weighted by Gasteiger charge is 2.23. The van der Waals surface area contributed by atoms with Gasteiger partial charge in [0.25, 0.3) is 5.91 Å². The number of rotatable bonds is 5. The number of carbonyl (C=O) groups excluding carboxylic acids is 2. The molecular weight excluding hydrogens is 240 g/mol. The van der Waals surface area contributed by atoms with Crippen LogP contribution in [-0.4, -0.2) is 24.4 Å². The fourth-order valence-corrected chi connectivity index (χ4v) is 1.65. The highest BCUT2D eigenvalue weighted by Crippen LogP contribution is 2.19. The summed E-state index contributed by atoms with van der Waals surface area (Å²) in [6, 6.07) is 7.57. The Kier molecular flexibility index (Phi) is 4.34. The Balaban J connectivity index is 1.93. The summed E-state index contributed by atoms with van der Waals surface area (Å²) < 4.78 is 0. The van der Waals surface area contributed by atoms with Crippen LogP contribution >= 0.6 is 0 Å². The average Bonchev–Trinajstić information content (AvgIpc) is 3.21. The predicted octanol–water partition coefficient (Wildman–Crippen LogP) is 1.73. The minimum Gasteiger partial charge on any atom is -0.353 e. The third-order valence-corrected chi connectivity index (χ3v) is 2.86. The SMILES string of the molecule is CCNC(=O)/C=C/c1ccc(C(=O)NC2CC2)cc1. The van der Waals surface area contributed by atoms with Gasteiger partial charge >= 0.3 is 0 Å². The van der Waals surface area contributed by atoms with Gasteiger partial charge in [0.1, 0.15) is 0 Å². The van der Waals surface area contributed by atoms with Crippen molar-refractivity contribution in [1.29, 1.82) is 0 Å². The highest BCUT2D eigenvalue weighted by atomic mass is 16.2. The minimum absolute atomic E-state index is 0.0262. The molecule has 4 heteroatoms. The first-order valence-corrected chi connectivity index (χ1v) is 6.56. The van der Waals surface area contributed by atoms with Crippen LogP contribution in [0.25, 0.3) is 6.08 Å². The van der Waals surface area contributed by atoms with E-state index in [9.17, 15) is 9.59 Å². The van der Waals surface area contributed by atoms with Gasteiger partial charge < -0.3 is 10.6 Å². The van der Waals surface area contributed by atoms with Crippen molar-refractivity contribution in [2.24, 2.45) is 0 Å². The zero-order valence-electron chi connectivity index (χ0n) is 11.0. The lowest BCUT2D eigenvalue weighted by Gasteiger charge is -2.03. The molecule has 4 nitrogen and oxygen atoms in total. The van der Waals surface area contributed by atoms with Crippen molar-refractivity contribution in [2.75, 3.05) is 6.54 Å². The van der Waals surface area contributed by atoms with Crippen molar-refractivity contribution in [3.05, 3.63) is 41.5 Å². The van der Waals surface area contributed by atoms with Crippen molar-refractivity contribution < 1.29 is 9.59 Å². The molecule has 0 aromatic heterocycles. The summed E-state index contributed by atoms with van der Waals surface area (Å²) in [5.74, 6) is -0.139. The molecular formula is C15H18N2O2. The molecule has 2 rings (SSSR count). The van der Waals surface area contributed by atoms with Crippen molar-refractivity contribution in [3.8, 4) is 0 Å². The maximum absolute atomic E-state index is 11.8. The molecule has 0 atom stereocenters. The van der Waals surface area contributed by atoms with Gasteiger partial charge in [-0.2, -0.15) is 0 Å². The molecule has 0 aliphatic heterocycles. The second-order valence-electron chi connectivity index (χ2n) is 4.60. The summed E-state index contributed by atoms with van der Waals surface area (Å²) in [5, 5.41) is 5.62. The summed E-state index contributed by atoms with van der Waals surface area (Å²) in [6.07, 6.45) is 5.38. The van der Waals surface area contributed by atoms with Gasteiger partial charge in [0.2, 0.25) is 5.91 Å². The molecule has 2 N–H and O–H groups in total. The Bertz CT molecular complexity index is 487. The molecule has 0 spiro atoms. The lowest BCUT2D eigenvalue weighted by Crippen LogP contribution is -2.25. The first-order valence-electron chi connectivity index (χ1n) is 6.56. The van der Waals surface area contributed by atoms with Crippen molar-refractivity contribution in [2.45, 2.75) is 25.8 Å². The number of amides is 2. The number of hydrogen-bond acceptors (Lipinski definition) is 2. The summed E-state index contributed by atoms with van der Waals surface area (Å²) in [4.78, 5) is 23.0. The van der Waals surface area contributed by atoms with Crippen molar-refractivity contribution >= 4 is 17.9 Å². The molecule has 1 aromatic rings. The van der Waals surface area contributed by atoms with Crippen LogP contribution in [-0.2, 0) is 4.79 Å². The van der Waals surface area contributed by atoms with E-state index in [0.29, 0.717) is 18.2 Å². The van der Waals surface area contributed by atoms with Crippen LogP contribution in [0.5, 0.6) is 0 Å². The molecule has 1 aromatic carbocycles. The molecule has 0 bridgehead atoms. The van der Waals surface area contributed by atoms with E-state index >= 15 is 0 Å². The molecule has 1 fully saturated rings. The predicted molar refractivity (Wildman–Crippen MR) is 74.6 cm³/mol. The van der Waals surface area contributed by atoms with E-state index in [1.54, 1.807) is 18.2 Å². The van der Waals surface area contributed by atoms with Crippen molar-refractivity contribution in [1.82, 2.24) is 10.6 Å². The van der Waals surface area contributed by atoms with E-state index < -0.39 is 0 Å². The summed E-state index contributed by atoms with van der Waals surface area (Å²) >= 11 is 0. The highest BCUT2D eigenvalue weighted by molar-refractivity contribution is 5.95. The molecule has 19 heavy (non-hydrogen) atoms. The standard InChI is InChI=1S/C15H18N2O2/c1-2-16-14(18)10-5-11-3-6-12(7-4-11)15(19)17-13-8-9-13/h3-7,10,13H,2,8-9H2,1H3,(H,16,18)(H,17,19)/b10-5+. The number of nitrogens with one attached hydrogen (secondary N) is 2. The largest absolute Gasteiger partial charge is 0.353 e. The Hall–Kier alpha value is -2.10. The summed E-state index contributed by atoms with van der Waals surface area (Å²) in [7, 11) is 0. The third kappa shape index (κ3) is 4.25. The Morgan fingerprint density at radius 2 is 1.95 bits per heavy atom. The van der Waals surface area contributed by atoms with Gasteiger partial charge in [-0.25, -0.2) is 0 Å². The van der Waals surface area contributed by atoms with Crippen molar-refractivity contribution in [3.63, 3.8) is 0 Å². The molecule has 1 aliphatic rings. The van der Waals surface area contributed by atoms with Gasteiger partial charge in [-0.1, -0.05) is 12.1 Å². The van der Waals surface area contributed by atoms with Crippen LogP contribution in [0.4, 0.5) is 0 Å². The van der Waals surface area contributed by atoms with E-state index in [4.69, 9.17) is 0 Å². The summed E-state index contributed by atoms with van der Waals surface area (Å²) in [6.45, 7) is 2.49. The molecule has 1 saturated carbocycles. The number of likely N-dealkylation sites (N-methyl/N-ethyl adjacent to an activating group) is 1. The van der Waals surface area contributed by atoms with Gasteiger partial charge in [-0.15, -0.1) is 0 Å². The average molecular weight is 258 g/mol. The van der Waals surface area contributed by atoms with Gasteiger partial charge in [0.15, 0.2) is 0 Å².